The highest BCUT2D eigenvalue weighted by Gasteiger charge is 2.38. The van der Waals surface area contributed by atoms with Crippen molar-refractivity contribution in [3.05, 3.63) is 29.8 Å². The molecule has 1 aromatic rings. The molecule has 1 aliphatic heterocycles. The number of amides is 1. The van der Waals surface area contributed by atoms with Crippen molar-refractivity contribution >= 4 is 15.9 Å². The van der Waals surface area contributed by atoms with Crippen LogP contribution in [0, 0.1) is 0 Å². The molecule has 22 heavy (non-hydrogen) atoms. The molecule has 0 radical (unpaired) electrons. The molecule has 0 aromatic heterocycles. The molecular weight excluding hydrogens is 321 g/mol. The van der Waals surface area contributed by atoms with Crippen LogP contribution in [-0.2, 0) is 21.0 Å². The largest absolute Gasteiger partial charge is 0.417 e. The number of halogens is 3. The first kappa shape index (κ1) is 16.8. The van der Waals surface area contributed by atoms with Gasteiger partial charge in [-0.05, 0) is 31.4 Å². The third kappa shape index (κ3) is 3.77. The lowest BCUT2D eigenvalue weighted by Crippen LogP contribution is -2.45. The van der Waals surface area contributed by atoms with E-state index in [1.54, 1.807) is 0 Å². The number of sulfonamides is 1. The van der Waals surface area contributed by atoms with Gasteiger partial charge in [-0.25, -0.2) is 8.42 Å². The molecule has 1 atom stereocenters. The SMILES string of the molecule is O=C1NCCCC[C@H]1NS(=O)(=O)c1ccccc1C(F)(F)F. The summed E-state index contributed by atoms with van der Waals surface area (Å²) in [7, 11) is -4.45. The van der Waals surface area contributed by atoms with Gasteiger partial charge >= 0.3 is 6.18 Å². The third-order valence-electron chi connectivity index (χ3n) is 3.31. The van der Waals surface area contributed by atoms with Crippen LogP contribution in [0.3, 0.4) is 0 Å². The number of hydrogen-bond acceptors (Lipinski definition) is 3. The fourth-order valence-corrected chi connectivity index (χ4v) is 3.70. The van der Waals surface area contributed by atoms with Gasteiger partial charge in [0.05, 0.1) is 10.5 Å². The lowest BCUT2D eigenvalue weighted by atomic mass is 10.1. The zero-order valence-electron chi connectivity index (χ0n) is 11.5. The van der Waals surface area contributed by atoms with E-state index in [1.807, 2.05) is 0 Å². The van der Waals surface area contributed by atoms with Crippen molar-refractivity contribution in [1.29, 1.82) is 0 Å². The van der Waals surface area contributed by atoms with Gasteiger partial charge in [-0.1, -0.05) is 12.1 Å². The Kier molecular flexibility index (Phi) is 4.76. The first-order valence-electron chi connectivity index (χ1n) is 6.68. The molecule has 1 heterocycles. The maximum Gasteiger partial charge on any atom is 0.417 e. The van der Waals surface area contributed by atoms with Crippen molar-refractivity contribution in [3.63, 3.8) is 0 Å². The molecule has 9 heteroatoms. The summed E-state index contributed by atoms with van der Waals surface area (Å²) < 4.78 is 65.3. The van der Waals surface area contributed by atoms with Crippen LogP contribution >= 0.6 is 0 Å². The molecular formula is C13H15F3N2O3S. The quantitative estimate of drug-likeness (QED) is 0.881. The first-order valence-corrected chi connectivity index (χ1v) is 8.16. The Morgan fingerprint density at radius 3 is 2.55 bits per heavy atom. The number of benzene rings is 1. The Morgan fingerprint density at radius 1 is 1.18 bits per heavy atom. The van der Waals surface area contributed by atoms with E-state index in [1.165, 1.54) is 6.07 Å². The van der Waals surface area contributed by atoms with Gasteiger partial charge in [0.2, 0.25) is 15.9 Å². The molecule has 5 nitrogen and oxygen atoms in total. The van der Waals surface area contributed by atoms with Gasteiger partial charge in [0, 0.05) is 6.54 Å². The van der Waals surface area contributed by atoms with Crippen LogP contribution in [-0.4, -0.2) is 26.9 Å². The lowest BCUT2D eigenvalue weighted by Gasteiger charge is -2.18. The lowest BCUT2D eigenvalue weighted by molar-refractivity contribution is -0.139. The Balaban J connectivity index is 2.33. The summed E-state index contributed by atoms with van der Waals surface area (Å²) in [5, 5.41) is 2.53. The zero-order chi connectivity index (χ0) is 16.4. The van der Waals surface area contributed by atoms with Gasteiger partial charge in [-0.15, -0.1) is 0 Å². The Hall–Kier alpha value is -1.61. The fraction of sp³-hybridized carbons (Fsp3) is 0.462. The highest BCUT2D eigenvalue weighted by atomic mass is 32.2. The summed E-state index contributed by atoms with van der Waals surface area (Å²) in [5.74, 6) is -0.523. The summed E-state index contributed by atoms with van der Waals surface area (Å²) in [6.45, 7) is 0.427. The van der Waals surface area contributed by atoms with E-state index in [4.69, 9.17) is 0 Å². The molecule has 1 fully saturated rings. The number of carbonyl (C=O) groups is 1. The topological polar surface area (TPSA) is 75.3 Å². The molecule has 1 saturated heterocycles. The molecule has 0 aliphatic carbocycles. The minimum Gasteiger partial charge on any atom is -0.355 e. The van der Waals surface area contributed by atoms with E-state index in [-0.39, 0.29) is 6.42 Å². The smallest absolute Gasteiger partial charge is 0.355 e. The van der Waals surface area contributed by atoms with Gasteiger partial charge in [0.15, 0.2) is 0 Å². The van der Waals surface area contributed by atoms with E-state index in [2.05, 4.69) is 10.0 Å². The number of hydrogen-bond donors (Lipinski definition) is 2. The molecule has 0 unspecified atom stereocenters. The van der Waals surface area contributed by atoms with E-state index in [0.29, 0.717) is 25.5 Å². The van der Waals surface area contributed by atoms with Crippen LogP contribution in [0.5, 0.6) is 0 Å². The van der Waals surface area contributed by atoms with E-state index < -0.39 is 38.6 Å². The second-order valence-electron chi connectivity index (χ2n) is 4.95. The second kappa shape index (κ2) is 6.25. The molecule has 1 amide bonds. The number of rotatable bonds is 3. The molecule has 0 bridgehead atoms. The first-order chi connectivity index (χ1) is 10.2. The van der Waals surface area contributed by atoms with Crippen molar-refractivity contribution in [2.24, 2.45) is 0 Å². The van der Waals surface area contributed by atoms with Crippen molar-refractivity contribution < 1.29 is 26.4 Å². The van der Waals surface area contributed by atoms with Gasteiger partial charge in [-0.2, -0.15) is 17.9 Å². The number of nitrogens with one attached hydrogen (secondary N) is 2. The minimum absolute atomic E-state index is 0.249. The molecule has 2 N–H and O–H groups in total. The summed E-state index contributed by atoms with van der Waals surface area (Å²) in [6, 6.07) is 2.83. The van der Waals surface area contributed by atoms with Crippen LogP contribution in [0.15, 0.2) is 29.2 Å². The maximum absolute atomic E-state index is 12.9. The molecule has 1 aliphatic rings. The van der Waals surface area contributed by atoms with Crippen LogP contribution in [0.25, 0.3) is 0 Å². The van der Waals surface area contributed by atoms with Gasteiger partial charge in [0.1, 0.15) is 6.04 Å². The summed E-state index contributed by atoms with van der Waals surface area (Å²) in [6.07, 6.45) is -3.24. The Labute approximate surface area is 125 Å². The van der Waals surface area contributed by atoms with Crippen LogP contribution in [0.1, 0.15) is 24.8 Å². The van der Waals surface area contributed by atoms with Gasteiger partial charge in [-0.3, -0.25) is 4.79 Å². The van der Waals surface area contributed by atoms with E-state index in [0.717, 1.165) is 12.1 Å². The van der Waals surface area contributed by atoms with Crippen LogP contribution in [0.4, 0.5) is 13.2 Å². The van der Waals surface area contributed by atoms with E-state index >= 15 is 0 Å². The summed E-state index contributed by atoms with van der Waals surface area (Å²) in [5.41, 5.74) is -1.25. The summed E-state index contributed by atoms with van der Waals surface area (Å²) in [4.78, 5) is 10.9. The second-order valence-corrected chi connectivity index (χ2v) is 6.64. The minimum atomic E-state index is -4.79. The average Bonchev–Trinajstić information content (AvgIpc) is 2.63. The Morgan fingerprint density at radius 2 is 1.86 bits per heavy atom. The van der Waals surface area contributed by atoms with Crippen LogP contribution < -0.4 is 10.0 Å². The maximum atomic E-state index is 12.9. The molecule has 1 aromatic carbocycles. The molecule has 0 saturated carbocycles. The van der Waals surface area contributed by atoms with Crippen molar-refractivity contribution in [1.82, 2.24) is 10.0 Å². The molecule has 2 rings (SSSR count). The molecule has 122 valence electrons. The predicted octanol–water partition coefficient (Wildman–Crippen LogP) is 1.65. The number of alkyl halides is 3. The van der Waals surface area contributed by atoms with E-state index in [9.17, 15) is 26.4 Å². The normalized spacial score (nSPS) is 20.3. The predicted molar refractivity (Wildman–Crippen MR) is 72.4 cm³/mol. The fourth-order valence-electron chi connectivity index (χ4n) is 2.24. The summed E-state index contributed by atoms with van der Waals surface area (Å²) >= 11 is 0. The Bertz CT molecular complexity index is 659. The highest BCUT2D eigenvalue weighted by molar-refractivity contribution is 7.89. The van der Waals surface area contributed by atoms with Crippen molar-refractivity contribution in [3.8, 4) is 0 Å². The average molecular weight is 336 g/mol. The third-order valence-corrected chi connectivity index (χ3v) is 4.84. The zero-order valence-corrected chi connectivity index (χ0v) is 12.3. The highest BCUT2D eigenvalue weighted by Crippen LogP contribution is 2.34. The van der Waals surface area contributed by atoms with Crippen molar-refractivity contribution in [2.75, 3.05) is 6.54 Å². The molecule has 0 spiro atoms. The van der Waals surface area contributed by atoms with Crippen LogP contribution in [0.2, 0.25) is 0 Å². The number of carbonyl (C=O) groups excluding carboxylic acids is 1. The standard InChI is InChI=1S/C13H15F3N2O3S/c14-13(15,16)9-5-1-2-7-11(9)22(20,21)18-10-6-3-4-8-17-12(10)19/h1-2,5,7,10,18H,3-4,6,8H2,(H,17,19)/t10-/m1/s1. The van der Waals surface area contributed by atoms with Gasteiger partial charge in [0.25, 0.3) is 0 Å². The monoisotopic (exact) mass is 336 g/mol. The van der Waals surface area contributed by atoms with Gasteiger partial charge < -0.3 is 5.32 Å². The van der Waals surface area contributed by atoms with Crippen molar-refractivity contribution in [2.45, 2.75) is 36.4 Å².